The van der Waals surface area contributed by atoms with Gasteiger partial charge in [0.15, 0.2) is 0 Å². The quantitative estimate of drug-likeness (QED) is 0.220. The standard InChI is InChI=1S/C40H29NO2/c1-3-12-26(13-4-1)33-25-38-39(32-18-8-7-16-29(32)33)40-34(19-11-21-36(40)43-38)41(27-14-5-2-6-15-27)28-22-23-31-30-17-9-10-20-35(30)42-37(31)24-28/h1-25,30,35-36,40H. The number of anilines is 2. The van der Waals surface area contributed by atoms with Crippen LogP contribution in [0.2, 0.25) is 0 Å². The second-order valence-corrected chi connectivity index (χ2v) is 11.6. The molecule has 0 radical (unpaired) electrons. The van der Waals surface area contributed by atoms with Crippen LogP contribution in [0.1, 0.15) is 23.0 Å². The molecular formula is C40H29NO2. The van der Waals surface area contributed by atoms with Crippen LogP contribution in [0.25, 0.3) is 21.9 Å². The molecule has 4 aliphatic rings. The van der Waals surface area contributed by atoms with Crippen LogP contribution in [0, 0.1) is 0 Å². The molecule has 0 saturated heterocycles. The summed E-state index contributed by atoms with van der Waals surface area (Å²) in [4.78, 5) is 2.39. The van der Waals surface area contributed by atoms with Crippen molar-refractivity contribution in [1.82, 2.24) is 0 Å². The highest BCUT2D eigenvalue weighted by Crippen LogP contribution is 2.53. The number of hydrogen-bond donors (Lipinski definition) is 0. The summed E-state index contributed by atoms with van der Waals surface area (Å²) in [6, 6.07) is 39.0. The number of para-hydroxylation sites is 1. The van der Waals surface area contributed by atoms with Crippen LogP contribution in [0.5, 0.6) is 11.5 Å². The van der Waals surface area contributed by atoms with Gasteiger partial charge in [-0.25, -0.2) is 0 Å². The monoisotopic (exact) mass is 555 g/mol. The van der Waals surface area contributed by atoms with Crippen molar-refractivity contribution in [2.75, 3.05) is 4.90 Å². The first-order valence-corrected chi connectivity index (χ1v) is 15.0. The Morgan fingerprint density at radius 3 is 2.14 bits per heavy atom. The Morgan fingerprint density at radius 2 is 1.28 bits per heavy atom. The van der Waals surface area contributed by atoms with Gasteiger partial charge in [0.1, 0.15) is 23.7 Å². The first kappa shape index (κ1) is 24.3. The summed E-state index contributed by atoms with van der Waals surface area (Å²) in [5.41, 5.74) is 8.25. The SMILES string of the molecule is C1=CC2Oc3cc(N(C4=CC=CC5Oc6cc(-c7ccccc7)c7ccccc7c6C45)c4ccccc4)ccc3C2C=C1. The smallest absolute Gasteiger partial charge is 0.130 e. The van der Waals surface area contributed by atoms with E-state index >= 15 is 0 Å². The van der Waals surface area contributed by atoms with E-state index in [0.29, 0.717) is 0 Å². The van der Waals surface area contributed by atoms with Gasteiger partial charge in [0, 0.05) is 40.2 Å². The van der Waals surface area contributed by atoms with E-state index in [1.54, 1.807) is 0 Å². The summed E-state index contributed by atoms with van der Waals surface area (Å²) < 4.78 is 13.2. The maximum atomic E-state index is 6.78. The van der Waals surface area contributed by atoms with E-state index in [4.69, 9.17) is 9.47 Å². The molecule has 4 atom stereocenters. The maximum absolute atomic E-state index is 6.78. The Balaban J connectivity index is 1.21. The second kappa shape index (κ2) is 9.64. The van der Waals surface area contributed by atoms with E-state index in [1.807, 2.05) is 0 Å². The lowest BCUT2D eigenvalue weighted by atomic mass is 9.83. The highest BCUT2D eigenvalue weighted by Gasteiger charge is 2.42. The van der Waals surface area contributed by atoms with Crippen molar-refractivity contribution in [1.29, 1.82) is 0 Å². The fourth-order valence-corrected chi connectivity index (χ4v) is 7.26. The predicted molar refractivity (Wildman–Crippen MR) is 174 cm³/mol. The normalized spacial score (nSPS) is 22.2. The van der Waals surface area contributed by atoms with Crippen molar-refractivity contribution in [2.24, 2.45) is 0 Å². The lowest BCUT2D eigenvalue weighted by molar-refractivity contribution is 0.264. The molecule has 0 saturated carbocycles. The van der Waals surface area contributed by atoms with Crippen LogP contribution in [0.15, 0.2) is 157 Å². The third kappa shape index (κ3) is 3.81. The molecule has 206 valence electrons. The predicted octanol–water partition coefficient (Wildman–Crippen LogP) is 9.61. The zero-order valence-corrected chi connectivity index (χ0v) is 23.5. The minimum absolute atomic E-state index is 0.0255. The molecule has 5 aromatic rings. The molecule has 3 heteroatoms. The average Bonchev–Trinajstić information content (AvgIpc) is 3.64. The lowest BCUT2D eigenvalue weighted by Gasteiger charge is -2.34. The van der Waals surface area contributed by atoms with Crippen molar-refractivity contribution < 1.29 is 9.47 Å². The molecule has 2 heterocycles. The lowest BCUT2D eigenvalue weighted by Crippen LogP contribution is -2.29. The number of fused-ring (bicyclic) bond motifs is 8. The molecule has 0 spiro atoms. The zero-order valence-electron chi connectivity index (χ0n) is 23.5. The Hall–Kier alpha value is -5.28. The van der Waals surface area contributed by atoms with Gasteiger partial charge >= 0.3 is 0 Å². The summed E-state index contributed by atoms with van der Waals surface area (Å²) in [7, 11) is 0. The molecule has 43 heavy (non-hydrogen) atoms. The van der Waals surface area contributed by atoms with Crippen LogP contribution in [-0.2, 0) is 0 Å². The van der Waals surface area contributed by atoms with E-state index in [0.717, 1.165) is 22.9 Å². The van der Waals surface area contributed by atoms with Crippen LogP contribution >= 0.6 is 0 Å². The van der Waals surface area contributed by atoms with E-state index in [-0.39, 0.29) is 24.0 Å². The highest BCUT2D eigenvalue weighted by atomic mass is 16.5. The van der Waals surface area contributed by atoms with Crippen LogP contribution < -0.4 is 14.4 Å². The van der Waals surface area contributed by atoms with Crippen molar-refractivity contribution in [3.05, 3.63) is 169 Å². The Kier molecular flexibility index (Phi) is 5.45. The Morgan fingerprint density at radius 1 is 0.558 bits per heavy atom. The fraction of sp³-hybridized carbons (Fsp3) is 0.100. The van der Waals surface area contributed by atoms with E-state index < -0.39 is 0 Å². The van der Waals surface area contributed by atoms with Gasteiger partial charge in [-0.1, -0.05) is 103 Å². The summed E-state index contributed by atoms with van der Waals surface area (Å²) >= 11 is 0. The molecule has 5 aromatic carbocycles. The van der Waals surface area contributed by atoms with Crippen LogP contribution in [0.3, 0.4) is 0 Å². The molecule has 2 aliphatic carbocycles. The molecule has 0 amide bonds. The van der Waals surface area contributed by atoms with Crippen molar-refractivity contribution in [2.45, 2.75) is 24.0 Å². The molecule has 0 aromatic heterocycles. The van der Waals surface area contributed by atoms with E-state index in [9.17, 15) is 0 Å². The van der Waals surface area contributed by atoms with Gasteiger partial charge in [-0.05, 0) is 64.4 Å². The Bertz CT molecular complexity index is 2000. The fourth-order valence-electron chi connectivity index (χ4n) is 7.26. The first-order chi connectivity index (χ1) is 21.3. The number of nitrogens with zero attached hydrogens (tertiary/aromatic N) is 1. The van der Waals surface area contributed by atoms with Gasteiger partial charge in [0.2, 0.25) is 0 Å². The minimum atomic E-state index is -0.0977. The maximum Gasteiger partial charge on any atom is 0.130 e. The first-order valence-electron chi connectivity index (χ1n) is 15.0. The number of benzene rings is 5. The number of allylic oxidation sites excluding steroid dienone is 4. The van der Waals surface area contributed by atoms with Gasteiger partial charge in [-0.2, -0.15) is 0 Å². The third-order valence-electron chi connectivity index (χ3n) is 9.16. The minimum Gasteiger partial charge on any atom is -0.485 e. The second-order valence-electron chi connectivity index (χ2n) is 11.6. The van der Waals surface area contributed by atoms with Crippen molar-refractivity contribution in [3.8, 4) is 22.6 Å². The third-order valence-corrected chi connectivity index (χ3v) is 9.16. The summed E-state index contributed by atoms with van der Waals surface area (Å²) in [5, 5.41) is 2.48. The number of ether oxygens (including phenoxy) is 2. The summed E-state index contributed by atoms with van der Waals surface area (Å²) in [5.74, 6) is 2.20. The van der Waals surface area contributed by atoms with Crippen molar-refractivity contribution in [3.63, 3.8) is 0 Å². The summed E-state index contributed by atoms with van der Waals surface area (Å²) in [6.07, 6.45) is 15.2. The average molecular weight is 556 g/mol. The molecule has 3 nitrogen and oxygen atoms in total. The molecule has 9 rings (SSSR count). The molecule has 0 fully saturated rings. The molecule has 2 aliphatic heterocycles. The largest absolute Gasteiger partial charge is 0.485 e. The van der Waals surface area contributed by atoms with Crippen LogP contribution in [0.4, 0.5) is 11.4 Å². The Labute approximate surface area is 251 Å². The van der Waals surface area contributed by atoms with Gasteiger partial charge in [-0.3, -0.25) is 0 Å². The number of hydrogen-bond acceptors (Lipinski definition) is 3. The zero-order chi connectivity index (χ0) is 28.3. The van der Waals surface area contributed by atoms with Crippen molar-refractivity contribution >= 4 is 22.1 Å². The van der Waals surface area contributed by atoms with Gasteiger partial charge in [-0.15, -0.1) is 0 Å². The van der Waals surface area contributed by atoms with E-state index in [1.165, 1.54) is 38.7 Å². The molecule has 4 unspecified atom stereocenters. The van der Waals surface area contributed by atoms with E-state index in [2.05, 4.69) is 157 Å². The van der Waals surface area contributed by atoms with Gasteiger partial charge < -0.3 is 14.4 Å². The molecule has 0 bridgehead atoms. The molecule has 0 N–H and O–H groups in total. The molecular weight excluding hydrogens is 526 g/mol. The summed E-state index contributed by atoms with van der Waals surface area (Å²) in [6.45, 7) is 0. The van der Waals surface area contributed by atoms with Gasteiger partial charge in [0.05, 0.1) is 5.92 Å². The highest BCUT2D eigenvalue weighted by molar-refractivity contribution is 6.01. The van der Waals surface area contributed by atoms with Gasteiger partial charge in [0.25, 0.3) is 0 Å². The van der Waals surface area contributed by atoms with Crippen LogP contribution in [-0.4, -0.2) is 12.2 Å². The topological polar surface area (TPSA) is 21.7 Å². The number of rotatable bonds is 4.